The minimum absolute atomic E-state index is 0.385. The van der Waals surface area contributed by atoms with Gasteiger partial charge in [-0.05, 0) is 35.4 Å². The van der Waals surface area contributed by atoms with Gasteiger partial charge in [-0.3, -0.25) is 0 Å². The Morgan fingerprint density at radius 1 is 1.39 bits per heavy atom. The Hall–Kier alpha value is -0.730. The number of hydrogen-bond donors (Lipinski definition) is 1. The number of halogens is 1. The molecule has 0 aliphatic carbocycles. The molecule has 100 valence electrons. The van der Waals surface area contributed by atoms with Gasteiger partial charge in [-0.15, -0.1) is 0 Å². The van der Waals surface area contributed by atoms with Gasteiger partial charge in [-0.2, -0.15) is 0 Å². The normalized spacial score (nSPS) is 20.5. The van der Waals surface area contributed by atoms with Gasteiger partial charge in [0.25, 0.3) is 0 Å². The molecule has 1 saturated heterocycles. The van der Waals surface area contributed by atoms with Gasteiger partial charge in [0.2, 0.25) is 0 Å². The summed E-state index contributed by atoms with van der Waals surface area (Å²) in [5, 5.41) is 0.786. The standard InChI is InChI=1S/C15H23ClN2/c1-15(2,3)12-6-7-18(10-12)13-5-4-11(9-17)14(16)8-13/h4-5,8,12H,6-7,9-10,17H2,1-3H3. The highest BCUT2D eigenvalue weighted by molar-refractivity contribution is 6.31. The van der Waals surface area contributed by atoms with Gasteiger partial charge in [0, 0.05) is 30.3 Å². The Bertz CT molecular complexity index is 423. The minimum Gasteiger partial charge on any atom is -0.371 e. The summed E-state index contributed by atoms with van der Waals surface area (Å²) in [4.78, 5) is 2.43. The van der Waals surface area contributed by atoms with Crippen LogP contribution >= 0.6 is 11.6 Å². The molecule has 0 bridgehead atoms. The quantitative estimate of drug-likeness (QED) is 0.885. The number of nitrogens with zero attached hydrogens (tertiary/aromatic N) is 1. The molecule has 1 fully saturated rings. The number of anilines is 1. The number of nitrogens with two attached hydrogens (primary N) is 1. The molecule has 1 aliphatic rings. The van der Waals surface area contributed by atoms with Crippen molar-refractivity contribution in [1.29, 1.82) is 0 Å². The highest BCUT2D eigenvalue weighted by Gasteiger charge is 2.31. The van der Waals surface area contributed by atoms with Gasteiger partial charge in [-0.1, -0.05) is 38.4 Å². The van der Waals surface area contributed by atoms with Crippen LogP contribution in [0.5, 0.6) is 0 Å². The third kappa shape index (κ3) is 2.81. The molecule has 2 rings (SSSR count). The first kappa shape index (κ1) is 13.7. The van der Waals surface area contributed by atoms with Crippen LogP contribution in [-0.4, -0.2) is 13.1 Å². The maximum absolute atomic E-state index is 6.23. The summed E-state index contributed by atoms with van der Waals surface area (Å²) in [6.45, 7) is 9.73. The molecule has 1 aliphatic heterocycles. The van der Waals surface area contributed by atoms with Crippen molar-refractivity contribution in [2.45, 2.75) is 33.7 Å². The first-order valence-corrected chi connectivity index (χ1v) is 7.03. The predicted molar refractivity (Wildman–Crippen MR) is 79.1 cm³/mol. The molecule has 1 aromatic carbocycles. The van der Waals surface area contributed by atoms with Crippen molar-refractivity contribution >= 4 is 17.3 Å². The van der Waals surface area contributed by atoms with E-state index in [-0.39, 0.29) is 0 Å². The van der Waals surface area contributed by atoms with Crippen molar-refractivity contribution in [3.63, 3.8) is 0 Å². The fraction of sp³-hybridized carbons (Fsp3) is 0.600. The molecule has 0 radical (unpaired) electrons. The average molecular weight is 267 g/mol. The molecule has 0 aromatic heterocycles. The van der Waals surface area contributed by atoms with Crippen LogP contribution < -0.4 is 10.6 Å². The van der Waals surface area contributed by atoms with E-state index in [9.17, 15) is 0 Å². The summed E-state index contributed by atoms with van der Waals surface area (Å²) in [7, 11) is 0. The van der Waals surface area contributed by atoms with Crippen LogP contribution in [0.25, 0.3) is 0 Å². The first-order valence-electron chi connectivity index (χ1n) is 6.65. The van der Waals surface area contributed by atoms with Gasteiger partial charge in [-0.25, -0.2) is 0 Å². The van der Waals surface area contributed by atoms with Gasteiger partial charge in [0.1, 0.15) is 0 Å². The Morgan fingerprint density at radius 2 is 2.11 bits per heavy atom. The Kier molecular flexibility index (Phi) is 3.88. The largest absolute Gasteiger partial charge is 0.371 e. The van der Waals surface area contributed by atoms with Crippen LogP contribution in [0, 0.1) is 11.3 Å². The lowest BCUT2D eigenvalue weighted by Gasteiger charge is -2.27. The Labute approximate surface area is 115 Å². The Balaban J connectivity index is 2.12. The molecular formula is C15H23ClN2. The SMILES string of the molecule is CC(C)(C)C1CCN(c2ccc(CN)c(Cl)c2)C1. The molecule has 1 unspecified atom stereocenters. The van der Waals surface area contributed by atoms with Crippen molar-refractivity contribution in [3.8, 4) is 0 Å². The van der Waals surface area contributed by atoms with Gasteiger partial charge in [0.15, 0.2) is 0 Å². The lowest BCUT2D eigenvalue weighted by atomic mass is 9.80. The van der Waals surface area contributed by atoms with E-state index in [1.54, 1.807) is 0 Å². The molecule has 1 aromatic rings. The second-order valence-electron chi connectivity index (χ2n) is 6.28. The lowest BCUT2D eigenvalue weighted by molar-refractivity contribution is 0.263. The van der Waals surface area contributed by atoms with E-state index in [0.29, 0.717) is 12.0 Å². The number of benzene rings is 1. The molecule has 18 heavy (non-hydrogen) atoms. The average Bonchev–Trinajstić information content (AvgIpc) is 2.77. The van der Waals surface area contributed by atoms with Gasteiger partial charge >= 0.3 is 0 Å². The summed E-state index contributed by atoms with van der Waals surface area (Å²) in [6.07, 6.45) is 1.26. The van der Waals surface area contributed by atoms with Crippen LogP contribution in [0.2, 0.25) is 5.02 Å². The highest BCUT2D eigenvalue weighted by atomic mass is 35.5. The molecule has 2 nitrogen and oxygen atoms in total. The molecule has 3 heteroatoms. The van der Waals surface area contributed by atoms with Crippen LogP contribution in [0.3, 0.4) is 0 Å². The van der Waals surface area contributed by atoms with E-state index >= 15 is 0 Å². The third-order valence-corrected chi connectivity index (χ3v) is 4.39. The monoisotopic (exact) mass is 266 g/mol. The molecular weight excluding hydrogens is 244 g/mol. The van der Waals surface area contributed by atoms with E-state index in [4.69, 9.17) is 17.3 Å². The smallest absolute Gasteiger partial charge is 0.0471 e. The van der Waals surface area contributed by atoms with Crippen molar-refractivity contribution in [3.05, 3.63) is 28.8 Å². The zero-order valence-corrected chi connectivity index (χ0v) is 12.3. The summed E-state index contributed by atoms with van der Waals surface area (Å²) < 4.78 is 0. The minimum atomic E-state index is 0.385. The summed E-state index contributed by atoms with van der Waals surface area (Å²) in [5.74, 6) is 0.755. The van der Waals surface area contributed by atoms with Gasteiger partial charge < -0.3 is 10.6 Å². The Morgan fingerprint density at radius 3 is 2.61 bits per heavy atom. The van der Waals surface area contributed by atoms with Crippen LogP contribution in [0.1, 0.15) is 32.8 Å². The van der Waals surface area contributed by atoms with Crippen LogP contribution in [0.15, 0.2) is 18.2 Å². The highest BCUT2D eigenvalue weighted by Crippen LogP contribution is 2.36. The zero-order valence-electron chi connectivity index (χ0n) is 11.5. The summed E-state index contributed by atoms with van der Waals surface area (Å²) >= 11 is 6.23. The van der Waals surface area contributed by atoms with Crippen molar-refractivity contribution in [2.24, 2.45) is 17.1 Å². The number of hydrogen-bond acceptors (Lipinski definition) is 2. The molecule has 1 atom stereocenters. The number of rotatable bonds is 2. The molecule has 0 saturated carbocycles. The van der Waals surface area contributed by atoms with Crippen LogP contribution in [-0.2, 0) is 6.54 Å². The fourth-order valence-corrected chi connectivity index (χ4v) is 2.85. The van der Waals surface area contributed by atoms with E-state index in [2.05, 4.69) is 37.8 Å². The molecule has 0 amide bonds. The zero-order chi connectivity index (χ0) is 13.3. The van der Waals surface area contributed by atoms with E-state index in [1.807, 2.05) is 6.07 Å². The van der Waals surface area contributed by atoms with Crippen molar-refractivity contribution in [2.75, 3.05) is 18.0 Å². The molecule has 2 N–H and O–H groups in total. The van der Waals surface area contributed by atoms with E-state index in [0.717, 1.165) is 29.6 Å². The second kappa shape index (κ2) is 5.10. The fourth-order valence-electron chi connectivity index (χ4n) is 2.60. The predicted octanol–water partition coefficient (Wildman–Crippen LogP) is 3.67. The maximum Gasteiger partial charge on any atom is 0.0471 e. The van der Waals surface area contributed by atoms with E-state index < -0.39 is 0 Å². The topological polar surface area (TPSA) is 29.3 Å². The lowest BCUT2D eigenvalue weighted by Crippen LogP contribution is -2.25. The summed E-state index contributed by atoms with van der Waals surface area (Å²) in [5.41, 5.74) is 8.27. The molecule has 1 heterocycles. The van der Waals surface area contributed by atoms with Crippen molar-refractivity contribution < 1.29 is 0 Å². The van der Waals surface area contributed by atoms with Crippen LogP contribution in [0.4, 0.5) is 5.69 Å². The van der Waals surface area contributed by atoms with Crippen molar-refractivity contribution in [1.82, 2.24) is 0 Å². The van der Waals surface area contributed by atoms with E-state index in [1.165, 1.54) is 12.1 Å². The first-order chi connectivity index (χ1) is 8.41. The summed E-state index contributed by atoms with van der Waals surface area (Å²) in [6, 6.07) is 6.23. The second-order valence-corrected chi connectivity index (χ2v) is 6.68. The molecule has 0 spiro atoms. The maximum atomic E-state index is 6.23. The third-order valence-electron chi connectivity index (χ3n) is 4.03. The van der Waals surface area contributed by atoms with Gasteiger partial charge in [0.05, 0.1) is 0 Å².